The van der Waals surface area contributed by atoms with Crippen LogP contribution >= 0.6 is 0 Å². The standard InChI is InChI=1S/C17H15N3O3/c1-2-20-13-8-4-3-7-12(13)15(17(20)23)19-18-10-11-6-5-9-14(21)16(11)22/h3-10,21-22H,2H2,1H3/b18-10-,19-15-. The molecule has 2 aromatic rings. The number of fused-ring (bicyclic) bond motifs is 1. The third-order valence-electron chi connectivity index (χ3n) is 3.61. The molecular weight excluding hydrogens is 294 g/mol. The molecule has 0 unspecified atom stereocenters. The molecular formula is C17H15N3O3. The van der Waals surface area contributed by atoms with E-state index < -0.39 is 0 Å². The van der Waals surface area contributed by atoms with Gasteiger partial charge in [0.2, 0.25) is 0 Å². The average molecular weight is 309 g/mol. The van der Waals surface area contributed by atoms with Crippen LogP contribution in [0.4, 0.5) is 5.69 Å². The minimum Gasteiger partial charge on any atom is -0.504 e. The zero-order chi connectivity index (χ0) is 16.4. The van der Waals surface area contributed by atoms with Gasteiger partial charge in [0.05, 0.1) is 11.9 Å². The van der Waals surface area contributed by atoms with E-state index in [1.165, 1.54) is 12.3 Å². The fourth-order valence-electron chi connectivity index (χ4n) is 2.47. The van der Waals surface area contributed by atoms with E-state index in [1.807, 2.05) is 31.2 Å². The van der Waals surface area contributed by atoms with Crippen molar-refractivity contribution >= 4 is 23.5 Å². The molecule has 0 bridgehead atoms. The van der Waals surface area contributed by atoms with E-state index in [4.69, 9.17) is 0 Å². The zero-order valence-corrected chi connectivity index (χ0v) is 12.5. The molecule has 0 saturated heterocycles. The molecule has 0 radical (unpaired) electrons. The molecule has 0 fully saturated rings. The smallest absolute Gasteiger partial charge is 0.279 e. The van der Waals surface area contributed by atoms with Crippen LogP contribution in [0.25, 0.3) is 0 Å². The van der Waals surface area contributed by atoms with E-state index in [0.717, 1.165) is 11.3 Å². The fourth-order valence-corrected chi connectivity index (χ4v) is 2.47. The van der Waals surface area contributed by atoms with Gasteiger partial charge in [-0.15, -0.1) is 5.10 Å². The normalized spacial score (nSPS) is 15.6. The predicted molar refractivity (Wildman–Crippen MR) is 88.4 cm³/mol. The number of phenolic OH excluding ortho intramolecular Hbond substituents is 2. The number of hydrogen-bond acceptors (Lipinski definition) is 5. The summed E-state index contributed by atoms with van der Waals surface area (Å²) in [6.45, 7) is 2.44. The molecule has 6 heteroatoms. The SMILES string of the molecule is CCN1C(=O)/C(=N\N=C/c2cccc(O)c2O)c2ccccc21. The van der Waals surface area contributed by atoms with Crippen molar-refractivity contribution in [1.82, 2.24) is 0 Å². The maximum Gasteiger partial charge on any atom is 0.279 e. The Bertz CT molecular complexity index is 828. The van der Waals surface area contributed by atoms with Crippen molar-refractivity contribution in [1.29, 1.82) is 0 Å². The Kier molecular flexibility index (Phi) is 3.80. The van der Waals surface area contributed by atoms with Gasteiger partial charge in [-0.05, 0) is 25.1 Å². The van der Waals surface area contributed by atoms with Crippen molar-refractivity contribution in [3.63, 3.8) is 0 Å². The number of carbonyl (C=O) groups is 1. The molecule has 1 heterocycles. The van der Waals surface area contributed by atoms with Gasteiger partial charge in [-0.3, -0.25) is 4.79 Å². The van der Waals surface area contributed by atoms with E-state index in [1.54, 1.807) is 17.0 Å². The Hall–Kier alpha value is -3.15. The van der Waals surface area contributed by atoms with Crippen LogP contribution in [-0.2, 0) is 4.79 Å². The Labute approximate surface area is 133 Å². The van der Waals surface area contributed by atoms with Crippen molar-refractivity contribution in [2.24, 2.45) is 10.2 Å². The van der Waals surface area contributed by atoms with E-state index in [2.05, 4.69) is 10.2 Å². The monoisotopic (exact) mass is 309 g/mol. The van der Waals surface area contributed by atoms with Crippen LogP contribution in [0.1, 0.15) is 18.1 Å². The van der Waals surface area contributed by atoms with Crippen LogP contribution in [0.3, 0.4) is 0 Å². The maximum absolute atomic E-state index is 12.4. The zero-order valence-electron chi connectivity index (χ0n) is 12.5. The van der Waals surface area contributed by atoms with E-state index in [9.17, 15) is 15.0 Å². The number of rotatable bonds is 3. The molecule has 0 aromatic heterocycles. The lowest BCUT2D eigenvalue weighted by atomic mass is 10.1. The molecule has 0 atom stereocenters. The summed E-state index contributed by atoms with van der Waals surface area (Å²) in [4.78, 5) is 14.0. The Morgan fingerprint density at radius 3 is 2.70 bits per heavy atom. The molecule has 3 rings (SSSR count). The van der Waals surface area contributed by atoms with Crippen molar-refractivity contribution in [2.45, 2.75) is 6.92 Å². The number of phenols is 2. The molecule has 0 aliphatic carbocycles. The van der Waals surface area contributed by atoms with Crippen LogP contribution in [0.15, 0.2) is 52.7 Å². The number of benzene rings is 2. The first-order valence-corrected chi connectivity index (χ1v) is 7.16. The number of para-hydroxylation sites is 2. The number of nitrogens with zero attached hydrogens (tertiary/aromatic N) is 3. The molecule has 23 heavy (non-hydrogen) atoms. The first-order valence-electron chi connectivity index (χ1n) is 7.16. The van der Waals surface area contributed by atoms with Gasteiger partial charge >= 0.3 is 0 Å². The molecule has 0 spiro atoms. The second-order valence-corrected chi connectivity index (χ2v) is 4.97. The highest BCUT2D eigenvalue weighted by molar-refractivity contribution is 6.54. The van der Waals surface area contributed by atoms with Crippen molar-refractivity contribution in [3.8, 4) is 11.5 Å². The molecule has 1 aliphatic rings. The van der Waals surface area contributed by atoms with Gasteiger partial charge in [-0.2, -0.15) is 5.10 Å². The molecule has 6 nitrogen and oxygen atoms in total. The third-order valence-corrected chi connectivity index (χ3v) is 3.61. The summed E-state index contributed by atoms with van der Waals surface area (Å²) in [6, 6.07) is 11.9. The molecule has 2 aromatic carbocycles. The largest absolute Gasteiger partial charge is 0.504 e. The summed E-state index contributed by atoms with van der Waals surface area (Å²) in [5.74, 6) is -0.711. The summed E-state index contributed by atoms with van der Waals surface area (Å²) in [5.41, 5.74) is 2.13. The lowest BCUT2D eigenvalue weighted by Crippen LogP contribution is -2.29. The quantitative estimate of drug-likeness (QED) is 0.518. The van der Waals surface area contributed by atoms with Gasteiger partial charge in [0, 0.05) is 17.7 Å². The summed E-state index contributed by atoms with van der Waals surface area (Å²) < 4.78 is 0. The minimum absolute atomic E-state index is 0.203. The van der Waals surface area contributed by atoms with Crippen molar-refractivity contribution in [2.75, 3.05) is 11.4 Å². The predicted octanol–water partition coefficient (Wildman–Crippen LogP) is 2.29. The molecule has 1 amide bonds. The van der Waals surface area contributed by atoms with Gasteiger partial charge in [-0.1, -0.05) is 24.3 Å². The van der Waals surface area contributed by atoms with Crippen LogP contribution < -0.4 is 4.90 Å². The van der Waals surface area contributed by atoms with Gasteiger partial charge < -0.3 is 15.1 Å². The molecule has 0 saturated carbocycles. The highest BCUT2D eigenvalue weighted by Gasteiger charge is 2.32. The Morgan fingerprint density at radius 2 is 1.91 bits per heavy atom. The van der Waals surface area contributed by atoms with Gasteiger partial charge in [0.25, 0.3) is 5.91 Å². The number of likely N-dealkylation sites (N-methyl/N-ethyl adjacent to an activating group) is 1. The lowest BCUT2D eigenvalue weighted by molar-refractivity contribution is -0.112. The summed E-state index contributed by atoms with van der Waals surface area (Å²) in [5, 5.41) is 27.1. The van der Waals surface area contributed by atoms with E-state index >= 15 is 0 Å². The van der Waals surface area contributed by atoms with Crippen LogP contribution in [-0.4, -0.2) is 34.6 Å². The van der Waals surface area contributed by atoms with Crippen LogP contribution in [0, 0.1) is 0 Å². The fraction of sp³-hybridized carbons (Fsp3) is 0.118. The van der Waals surface area contributed by atoms with Gasteiger partial charge in [0.15, 0.2) is 17.2 Å². The first-order chi connectivity index (χ1) is 11.1. The number of hydrogen-bond donors (Lipinski definition) is 2. The minimum atomic E-state index is -0.273. The highest BCUT2D eigenvalue weighted by atomic mass is 16.3. The van der Waals surface area contributed by atoms with Gasteiger partial charge in [0.1, 0.15) is 0 Å². The lowest BCUT2D eigenvalue weighted by Gasteiger charge is -2.12. The van der Waals surface area contributed by atoms with Gasteiger partial charge in [-0.25, -0.2) is 0 Å². The average Bonchev–Trinajstić information content (AvgIpc) is 2.83. The second-order valence-electron chi connectivity index (χ2n) is 4.97. The number of aromatic hydroxyl groups is 2. The van der Waals surface area contributed by atoms with Crippen molar-refractivity contribution in [3.05, 3.63) is 53.6 Å². The number of amides is 1. The number of carbonyl (C=O) groups excluding carboxylic acids is 1. The molecule has 2 N–H and O–H groups in total. The summed E-state index contributed by atoms with van der Waals surface area (Å²) in [7, 11) is 0. The second kappa shape index (κ2) is 5.92. The summed E-state index contributed by atoms with van der Waals surface area (Å²) >= 11 is 0. The molecule has 1 aliphatic heterocycles. The van der Waals surface area contributed by atoms with Crippen molar-refractivity contribution < 1.29 is 15.0 Å². The third kappa shape index (κ3) is 2.55. The maximum atomic E-state index is 12.4. The topological polar surface area (TPSA) is 85.5 Å². The van der Waals surface area contributed by atoms with Crippen LogP contribution in [0.5, 0.6) is 11.5 Å². The van der Waals surface area contributed by atoms with E-state index in [-0.39, 0.29) is 23.1 Å². The first kappa shape index (κ1) is 14.8. The summed E-state index contributed by atoms with van der Waals surface area (Å²) in [6.07, 6.45) is 1.30. The Morgan fingerprint density at radius 1 is 1.13 bits per heavy atom. The van der Waals surface area contributed by atoms with E-state index in [0.29, 0.717) is 12.1 Å². The highest BCUT2D eigenvalue weighted by Crippen LogP contribution is 2.29. The van der Waals surface area contributed by atoms with Crippen LogP contribution in [0.2, 0.25) is 0 Å². The number of anilines is 1. The molecule has 116 valence electrons. The Balaban J connectivity index is 1.95.